The van der Waals surface area contributed by atoms with Crippen LogP contribution in [-0.4, -0.2) is 29.5 Å². The van der Waals surface area contributed by atoms with E-state index in [4.69, 9.17) is 0 Å². The Bertz CT molecular complexity index is 887. The molecule has 6 heteroatoms. The van der Waals surface area contributed by atoms with Crippen LogP contribution in [0, 0.1) is 0 Å². The van der Waals surface area contributed by atoms with Crippen molar-refractivity contribution in [3.63, 3.8) is 0 Å². The number of fused-ring (bicyclic) bond motifs is 1. The maximum atomic E-state index is 12.9. The molecule has 1 aliphatic heterocycles. The molecule has 2 aromatic rings. The van der Waals surface area contributed by atoms with E-state index in [9.17, 15) is 13.2 Å². The van der Waals surface area contributed by atoms with Crippen LogP contribution >= 0.6 is 0 Å². The fourth-order valence-corrected chi connectivity index (χ4v) is 4.51. The lowest BCUT2D eigenvalue weighted by Gasteiger charge is -2.34. The summed E-state index contributed by atoms with van der Waals surface area (Å²) in [6, 6.07) is 9.45. The van der Waals surface area contributed by atoms with Gasteiger partial charge in [0.1, 0.15) is 5.70 Å². The molecule has 0 amide bonds. The standard InChI is InChI=1S/C17H16N2O3S/c1-12(2)19-15(10-13-6-5-9-18-11-13)17(20)14-7-3-4-8-16(14)23(19,21)22/h3-12H,1-2H3. The first kappa shape index (κ1) is 15.4. The predicted octanol–water partition coefficient (Wildman–Crippen LogP) is 2.72. The molecule has 0 spiro atoms. The van der Waals surface area contributed by atoms with Gasteiger partial charge in [0.2, 0.25) is 5.78 Å². The fourth-order valence-electron chi connectivity index (χ4n) is 2.66. The molecule has 23 heavy (non-hydrogen) atoms. The van der Waals surface area contributed by atoms with Crippen LogP contribution in [0.4, 0.5) is 0 Å². The number of rotatable bonds is 2. The van der Waals surface area contributed by atoms with E-state index < -0.39 is 10.0 Å². The van der Waals surface area contributed by atoms with Crippen LogP contribution in [0.15, 0.2) is 59.4 Å². The Morgan fingerprint density at radius 3 is 2.52 bits per heavy atom. The van der Waals surface area contributed by atoms with Crippen molar-refractivity contribution in [3.8, 4) is 0 Å². The number of carbonyl (C=O) groups excluding carboxylic acids is 1. The smallest absolute Gasteiger partial charge is 0.265 e. The monoisotopic (exact) mass is 328 g/mol. The largest absolute Gasteiger partial charge is 0.287 e. The van der Waals surface area contributed by atoms with Crippen molar-refractivity contribution in [3.05, 3.63) is 65.6 Å². The van der Waals surface area contributed by atoms with E-state index in [-0.39, 0.29) is 28.0 Å². The van der Waals surface area contributed by atoms with E-state index in [2.05, 4.69) is 4.98 Å². The van der Waals surface area contributed by atoms with Gasteiger partial charge in [0.05, 0.1) is 4.90 Å². The van der Waals surface area contributed by atoms with Crippen LogP contribution in [0.3, 0.4) is 0 Å². The van der Waals surface area contributed by atoms with Crippen molar-refractivity contribution in [1.29, 1.82) is 0 Å². The molecule has 0 saturated heterocycles. The minimum Gasteiger partial charge on any atom is -0.287 e. The van der Waals surface area contributed by atoms with E-state index >= 15 is 0 Å². The molecule has 0 radical (unpaired) electrons. The molecule has 0 bridgehead atoms. The Balaban J connectivity index is 2.27. The Morgan fingerprint density at radius 1 is 1.13 bits per heavy atom. The molecule has 2 heterocycles. The van der Waals surface area contributed by atoms with Gasteiger partial charge in [-0.05, 0) is 43.7 Å². The van der Waals surface area contributed by atoms with Crippen LogP contribution in [0.1, 0.15) is 29.8 Å². The van der Waals surface area contributed by atoms with E-state index in [0.717, 1.165) is 0 Å². The van der Waals surface area contributed by atoms with Gasteiger partial charge >= 0.3 is 0 Å². The minimum absolute atomic E-state index is 0.0574. The number of benzene rings is 1. The van der Waals surface area contributed by atoms with Gasteiger partial charge in [0.25, 0.3) is 10.0 Å². The zero-order valence-corrected chi connectivity index (χ0v) is 13.6. The highest BCUT2D eigenvalue weighted by Crippen LogP contribution is 2.34. The number of hydrogen-bond acceptors (Lipinski definition) is 4. The summed E-state index contributed by atoms with van der Waals surface area (Å²) in [5.74, 6) is -0.298. The lowest BCUT2D eigenvalue weighted by atomic mass is 10.1. The number of sulfonamides is 1. The summed E-state index contributed by atoms with van der Waals surface area (Å²) in [6.07, 6.45) is 4.78. The highest BCUT2D eigenvalue weighted by Gasteiger charge is 2.40. The van der Waals surface area contributed by atoms with Gasteiger partial charge in [-0.15, -0.1) is 0 Å². The summed E-state index contributed by atoms with van der Waals surface area (Å²) >= 11 is 0. The van der Waals surface area contributed by atoms with E-state index in [1.54, 1.807) is 62.6 Å². The fraction of sp³-hybridized carbons (Fsp3) is 0.176. The Hall–Kier alpha value is -2.47. The molecule has 0 atom stereocenters. The quantitative estimate of drug-likeness (QED) is 0.795. The van der Waals surface area contributed by atoms with Crippen LogP contribution in [0.25, 0.3) is 6.08 Å². The molecule has 1 aliphatic rings. The van der Waals surface area contributed by atoms with Crippen molar-refractivity contribution >= 4 is 21.9 Å². The summed E-state index contributed by atoms with van der Waals surface area (Å²) in [5, 5.41) is 0. The van der Waals surface area contributed by atoms with Gasteiger partial charge in [-0.25, -0.2) is 8.42 Å². The number of allylic oxidation sites excluding steroid dienone is 1. The van der Waals surface area contributed by atoms with Crippen molar-refractivity contribution < 1.29 is 13.2 Å². The molecule has 0 N–H and O–H groups in total. The molecule has 1 aromatic heterocycles. The zero-order chi connectivity index (χ0) is 16.6. The average molecular weight is 328 g/mol. The topological polar surface area (TPSA) is 67.3 Å². The molecule has 0 unspecified atom stereocenters. The SMILES string of the molecule is CC(C)N1C(=Cc2cccnc2)C(=O)c2ccccc2S1(=O)=O. The maximum Gasteiger partial charge on any atom is 0.265 e. The summed E-state index contributed by atoms with van der Waals surface area (Å²) in [4.78, 5) is 16.9. The first-order chi connectivity index (χ1) is 10.9. The second-order valence-electron chi connectivity index (χ2n) is 5.54. The molecule has 5 nitrogen and oxygen atoms in total. The van der Waals surface area contributed by atoms with Gasteiger partial charge in [-0.2, -0.15) is 0 Å². The average Bonchev–Trinajstić information content (AvgIpc) is 2.53. The molecule has 0 fully saturated rings. The van der Waals surface area contributed by atoms with Crippen LogP contribution < -0.4 is 0 Å². The van der Waals surface area contributed by atoms with Crippen molar-refractivity contribution in [2.75, 3.05) is 0 Å². The van der Waals surface area contributed by atoms with E-state index in [1.807, 2.05) is 0 Å². The van der Waals surface area contributed by atoms with Crippen LogP contribution in [0.5, 0.6) is 0 Å². The molecule has 0 saturated carbocycles. The number of nitrogens with zero attached hydrogens (tertiary/aromatic N) is 2. The van der Waals surface area contributed by atoms with E-state index in [0.29, 0.717) is 5.56 Å². The number of aromatic nitrogens is 1. The molecular weight excluding hydrogens is 312 g/mol. The Kier molecular flexibility index (Phi) is 3.77. The molecule has 1 aromatic carbocycles. The highest BCUT2D eigenvalue weighted by molar-refractivity contribution is 7.89. The summed E-state index contributed by atoms with van der Waals surface area (Å²) in [6.45, 7) is 3.49. The second kappa shape index (κ2) is 5.62. The highest BCUT2D eigenvalue weighted by atomic mass is 32.2. The summed E-state index contributed by atoms with van der Waals surface area (Å²) < 4.78 is 27.0. The third-order valence-electron chi connectivity index (χ3n) is 3.60. The molecule has 0 aliphatic carbocycles. The van der Waals surface area contributed by atoms with E-state index in [1.165, 1.54) is 10.4 Å². The number of Topliss-reactive ketones (excluding diaryl/α,β-unsaturated/α-hetero) is 1. The van der Waals surface area contributed by atoms with Crippen molar-refractivity contribution in [2.45, 2.75) is 24.8 Å². The normalized spacial score (nSPS) is 18.3. The number of carbonyl (C=O) groups is 1. The second-order valence-corrected chi connectivity index (χ2v) is 7.32. The van der Waals surface area contributed by atoms with Gasteiger partial charge in [0.15, 0.2) is 0 Å². The van der Waals surface area contributed by atoms with Gasteiger partial charge < -0.3 is 0 Å². The minimum atomic E-state index is -3.76. The van der Waals surface area contributed by atoms with Gasteiger partial charge in [-0.3, -0.25) is 14.1 Å². The zero-order valence-electron chi connectivity index (χ0n) is 12.8. The number of pyridine rings is 1. The third-order valence-corrected chi connectivity index (χ3v) is 5.64. The Morgan fingerprint density at radius 2 is 1.87 bits per heavy atom. The Labute approximate surface area is 135 Å². The first-order valence-electron chi connectivity index (χ1n) is 7.23. The number of ketones is 1. The summed E-state index contributed by atoms with van der Waals surface area (Å²) in [5.41, 5.74) is 1.03. The molecule has 3 rings (SSSR count). The molecule has 118 valence electrons. The van der Waals surface area contributed by atoms with Crippen molar-refractivity contribution in [1.82, 2.24) is 9.29 Å². The first-order valence-corrected chi connectivity index (χ1v) is 8.67. The maximum absolute atomic E-state index is 12.9. The van der Waals surface area contributed by atoms with Crippen LogP contribution in [0.2, 0.25) is 0 Å². The lowest BCUT2D eigenvalue weighted by Crippen LogP contribution is -2.43. The number of hydrogen-bond donors (Lipinski definition) is 0. The molecular formula is C17H16N2O3S. The lowest BCUT2D eigenvalue weighted by molar-refractivity contribution is 0.0996. The van der Waals surface area contributed by atoms with Crippen molar-refractivity contribution in [2.24, 2.45) is 0 Å². The predicted molar refractivity (Wildman–Crippen MR) is 87.1 cm³/mol. The van der Waals surface area contributed by atoms with Crippen LogP contribution in [-0.2, 0) is 10.0 Å². The van der Waals surface area contributed by atoms with Gasteiger partial charge in [0, 0.05) is 24.0 Å². The van der Waals surface area contributed by atoms with Gasteiger partial charge in [-0.1, -0.05) is 18.2 Å². The summed E-state index contributed by atoms with van der Waals surface area (Å²) in [7, 11) is -3.76. The third kappa shape index (κ3) is 2.55.